The highest BCUT2D eigenvalue weighted by Crippen LogP contribution is 2.18. The molecule has 26 heavy (non-hydrogen) atoms. The molecule has 3 rings (SSSR count). The number of carbonyl (C=O) groups excluding carboxylic acids is 2. The monoisotopic (exact) mass is 386 g/mol. The minimum atomic E-state index is -0.322. The largest absolute Gasteiger partial charge is 0.337 e. The molecule has 6 nitrogen and oxygen atoms in total. The van der Waals surface area contributed by atoms with Crippen LogP contribution >= 0.6 is 23.1 Å². The molecular weight excluding hydrogens is 368 g/mol. The standard InChI is InChI=1S/C18H18N4O2S2/c1-12-14(10-13-6-3-2-4-7-13)20-18(19-12)26-11-16(23)21-22-17(24)15-8-5-9-25-15/h2-9H,10-11H2,1H3,(H,19,20)(H,21,23)(H,22,24). The predicted molar refractivity (Wildman–Crippen MR) is 103 cm³/mol. The van der Waals surface area contributed by atoms with E-state index in [0.717, 1.165) is 17.8 Å². The first-order chi connectivity index (χ1) is 12.6. The number of thioether (sulfide) groups is 1. The number of rotatable bonds is 6. The van der Waals surface area contributed by atoms with Crippen molar-refractivity contribution in [1.29, 1.82) is 0 Å². The molecule has 2 heterocycles. The second-order valence-electron chi connectivity index (χ2n) is 5.54. The minimum absolute atomic E-state index is 0.155. The molecule has 0 spiro atoms. The SMILES string of the molecule is Cc1[nH]c(SCC(=O)NNC(=O)c2cccs2)nc1Cc1ccccc1. The number of amides is 2. The number of thiophene rings is 1. The second-order valence-corrected chi connectivity index (χ2v) is 7.46. The van der Waals surface area contributed by atoms with Crippen LogP contribution in [0, 0.1) is 6.92 Å². The van der Waals surface area contributed by atoms with Gasteiger partial charge in [-0.3, -0.25) is 20.4 Å². The summed E-state index contributed by atoms with van der Waals surface area (Å²) >= 11 is 2.61. The van der Waals surface area contributed by atoms with E-state index in [1.165, 1.54) is 28.7 Å². The molecule has 0 aliphatic carbocycles. The van der Waals surface area contributed by atoms with Crippen LogP contribution in [0.2, 0.25) is 0 Å². The lowest BCUT2D eigenvalue weighted by Gasteiger charge is -2.05. The number of hydrogen-bond donors (Lipinski definition) is 3. The van der Waals surface area contributed by atoms with Crippen LogP contribution < -0.4 is 10.9 Å². The summed E-state index contributed by atoms with van der Waals surface area (Å²) in [6, 6.07) is 13.6. The Morgan fingerprint density at radius 1 is 1.15 bits per heavy atom. The maximum atomic E-state index is 11.9. The number of H-pyrrole nitrogens is 1. The Bertz CT molecular complexity index is 876. The highest BCUT2D eigenvalue weighted by atomic mass is 32.2. The number of aromatic nitrogens is 2. The molecule has 0 unspecified atom stereocenters. The first-order valence-corrected chi connectivity index (χ1v) is 9.83. The summed E-state index contributed by atoms with van der Waals surface area (Å²) in [6.45, 7) is 1.97. The van der Waals surface area contributed by atoms with Crippen molar-refractivity contribution in [3.05, 3.63) is 69.7 Å². The summed E-state index contributed by atoms with van der Waals surface area (Å²) in [5.74, 6) is -0.460. The van der Waals surface area contributed by atoms with Crippen molar-refractivity contribution in [1.82, 2.24) is 20.8 Å². The number of hydrazine groups is 1. The van der Waals surface area contributed by atoms with E-state index in [2.05, 4.69) is 33.0 Å². The molecule has 1 aromatic carbocycles. The van der Waals surface area contributed by atoms with Crippen molar-refractivity contribution in [2.24, 2.45) is 0 Å². The van der Waals surface area contributed by atoms with Crippen molar-refractivity contribution < 1.29 is 9.59 Å². The van der Waals surface area contributed by atoms with E-state index in [0.29, 0.717) is 10.0 Å². The normalized spacial score (nSPS) is 10.5. The fraction of sp³-hybridized carbons (Fsp3) is 0.167. The van der Waals surface area contributed by atoms with Gasteiger partial charge in [0, 0.05) is 12.1 Å². The maximum Gasteiger partial charge on any atom is 0.279 e. The highest BCUT2D eigenvalue weighted by Gasteiger charge is 2.11. The average Bonchev–Trinajstić information content (AvgIpc) is 3.29. The maximum absolute atomic E-state index is 11.9. The Morgan fingerprint density at radius 2 is 1.96 bits per heavy atom. The molecule has 134 valence electrons. The van der Waals surface area contributed by atoms with E-state index in [-0.39, 0.29) is 17.6 Å². The smallest absolute Gasteiger partial charge is 0.279 e. The Kier molecular flexibility index (Phi) is 6.08. The van der Waals surface area contributed by atoms with Gasteiger partial charge in [0.1, 0.15) is 0 Å². The van der Waals surface area contributed by atoms with Crippen molar-refractivity contribution in [2.45, 2.75) is 18.5 Å². The number of carbonyl (C=O) groups is 2. The third-order valence-corrected chi connectivity index (χ3v) is 5.32. The minimum Gasteiger partial charge on any atom is -0.337 e. The van der Waals surface area contributed by atoms with Gasteiger partial charge in [-0.1, -0.05) is 48.2 Å². The number of nitrogens with one attached hydrogen (secondary N) is 3. The lowest BCUT2D eigenvalue weighted by molar-refractivity contribution is -0.119. The summed E-state index contributed by atoms with van der Waals surface area (Å²) in [6.07, 6.45) is 0.743. The lowest BCUT2D eigenvalue weighted by Crippen LogP contribution is -2.42. The van der Waals surface area contributed by atoms with E-state index < -0.39 is 0 Å². The van der Waals surface area contributed by atoms with Gasteiger partial charge in [0.05, 0.1) is 16.3 Å². The van der Waals surface area contributed by atoms with Crippen molar-refractivity contribution in [3.8, 4) is 0 Å². The van der Waals surface area contributed by atoms with Crippen LogP contribution in [0.25, 0.3) is 0 Å². The Labute approximate surface area is 159 Å². The van der Waals surface area contributed by atoms with Crippen LogP contribution in [0.4, 0.5) is 0 Å². The van der Waals surface area contributed by atoms with Gasteiger partial charge in [-0.15, -0.1) is 11.3 Å². The Morgan fingerprint density at radius 3 is 2.69 bits per heavy atom. The molecule has 3 N–H and O–H groups in total. The number of nitrogens with zero attached hydrogens (tertiary/aromatic N) is 1. The van der Waals surface area contributed by atoms with Gasteiger partial charge in [-0.05, 0) is 23.9 Å². The zero-order chi connectivity index (χ0) is 18.4. The van der Waals surface area contributed by atoms with Gasteiger partial charge in [0.25, 0.3) is 5.91 Å². The molecular formula is C18H18N4O2S2. The second kappa shape index (κ2) is 8.68. The van der Waals surface area contributed by atoms with Gasteiger partial charge in [0.15, 0.2) is 5.16 Å². The quantitative estimate of drug-likeness (QED) is 0.449. The van der Waals surface area contributed by atoms with Gasteiger partial charge in [0.2, 0.25) is 5.91 Å². The first-order valence-electron chi connectivity index (χ1n) is 7.96. The van der Waals surface area contributed by atoms with Crippen molar-refractivity contribution in [2.75, 3.05) is 5.75 Å². The third-order valence-electron chi connectivity index (χ3n) is 3.58. The van der Waals surface area contributed by atoms with Gasteiger partial charge >= 0.3 is 0 Å². The third kappa shape index (κ3) is 4.96. The molecule has 0 saturated heterocycles. The molecule has 0 atom stereocenters. The zero-order valence-corrected chi connectivity index (χ0v) is 15.7. The molecule has 0 bridgehead atoms. The number of aromatic amines is 1. The van der Waals surface area contributed by atoms with E-state index >= 15 is 0 Å². The van der Waals surface area contributed by atoms with E-state index in [4.69, 9.17) is 0 Å². The fourth-order valence-electron chi connectivity index (χ4n) is 2.26. The molecule has 2 amide bonds. The van der Waals surface area contributed by atoms with Gasteiger partial charge in [-0.2, -0.15) is 0 Å². The Hall–Kier alpha value is -2.58. The van der Waals surface area contributed by atoms with Crippen LogP contribution in [0.3, 0.4) is 0 Å². The number of benzene rings is 1. The van der Waals surface area contributed by atoms with Gasteiger partial charge < -0.3 is 4.98 Å². The lowest BCUT2D eigenvalue weighted by atomic mass is 10.1. The van der Waals surface area contributed by atoms with Crippen molar-refractivity contribution in [3.63, 3.8) is 0 Å². The predicted octanol–water partition coefficient (Wildman–Crippen LogP) is 2.92. The van der Waals surface area contributed by atoms with Crippen LogP contribution in [0.15, 0.2) is 53.0 Å². The van der Waals surface area contributed by atoms with Crippen LogP contribution in [-0.4, -0.2) is 27.5 Å². The molecule has 0 saturated carbocycles. The molecule has 0 radical (unpaired) electrons. The number of imidazole rings is 1. The van der Waals surface area contributed by atoms with Crippen molar-refractivity contribution >= 4 is 34.9 Å². The van der Waals surface area contributed by atoms with Crippen LogP contribution in [0.1, 0.15) is 26.6 Å². The first kappa shape index (κ1) is 18.2. The number of aryl methyl sites for hydroxylation is 1. The fourth-order valence-corrected chi connectivity index (χ4v) is 3.62. The molecule has 0 aliphatic rings. The molecule has 2 aromatic heterocycles. The highest BCUT2D eigenvalue weighted by molar-refractivity contribution is 7.99. The summed E-state index contributed by atoms with van der Waals surface area (Å²) < 4.78 is 0. The molecule has 0 aliphatic heterocycles. The number of hydrogen-bond acceptors (Lipinski definition) is 5. The molecule has 3 aromatic rings. The van der Waals surface area contributed by atoms with Gasteiger partial charge in [-0.25, -0.2) is 4.98 Å². The molecule has 0 fully saturated rings. The molecule has 8 heteroatoms. The topological polar surface area (TPSA) is 86.9 Å². The summed E-state index contributed by atoms with van der Waals surface area (Å²) in [5, 5.41) is 2.49. The van der Waals surface area contributed by atoms with E-state index in [1.54, 1.807) is 17.5 Å². The summed E-state index contributed by atoms with van der Waals surface area (Å²) in [4.78, 5) is 31.9. The van der Waals surface area contributed by atoms with Crippen LogP contribution in [-0.2, 0) is 11.2 Å². The van der Waals surface area contributed by atoms with E-state index in [1.807, 2.05) is 25.1 Å². The Balaban J connectivity index is 1.48. The summed E-state index contributed by atoms with van der Waals surface area (Å²) in [5.41, 5.74) is 7.95. The zero-order valence-electron chi connectivity index (χ0n) is 14.1. The van der Waals surface area contributed by atoms with Crippen LogP contribution in [0.5, 0.6) is 0 Å². The summed E-state index contributed by atoms with van der Waals surface area (Å²) in [7, 11) is 0. The average molecular weight is 387 g/mol. The van der Waals surface area contributed by atoms with E-state index in [9.17, 15) is 9.59 Å².